The van der Waals surface area contributed by atoms with Crippen LogP contribution in [0.2, 0.25) is 0 Å². The Balaban J connectivity index is 1.97. The van der Waals surface area contributed by atoms with Crippen molar-refractivity contribution >= 4 is 21.4 Å². The number of para-hydroxylation sites is 1. The van der Waals surface area contributed by atoms with Gasteiger partial charge < -0.3 is 4.90 Å². The topological polar surface area (TPSA) is 57.7 Å². The molecule has 1 aromatic carbocycles. The number of hydrogen-bond donors (Lipinski definition) is 0. The molecule has 0 unspecified atom stereocenters. The molecule has 1 aromatic rings. The third kappa shape index (κ3) is 2.70. The van der Waals surface area contributed by atoms with Crippen LogP contribution < -0.4 is 4.90 Å². The van der Waals surface area contributed by atoms with Crippen LogP contribution in [0.25, 0.3) is 0 Å². The lowest BCUT2D eigenvalue weighted by atomic mass is 10.0. The Hall–Kier alpha value is -1.40. The fraction of sp³-hybridized carbons (Fsp3) is 0.533. The number of fused-ring (bicyclic) bond motifs is 1. The smallest absolute Gasteiger partial charge is 0.241 e. The van der Waals surface area contributed by atoms with Gasteiger partial charge in [-0.05, 0) is 25.1 Å². The molecule has 2 aliphatic heterocycles. The lowest BCUT2D eigenvalue weighted by Gasteiger charge is -2.43. The number of rotatable bonds is 3. The lowest BCUT2D eigenvalue weighted by molar-refractivity contribution is -0.123. The second-order valence-corrected chi connectivity index (χ2v) is 7.94. The van der Waals surface area contributed by atoms with E-state index in [2.05, 4.69) is 0 Å². The Morgan fingerprint density at radius 1 is 1.14 bits per heavy atom. The molecule has 0 aromatic heterocycles. The molecule has 21 heavy (non-hydrogen) atoms. The quantitative estimate of drug-likeness (QED) is 0.833. The van der Waals surface area contributed by atoms with E-state index < -0.39 is 9.84 Å². The maximum atomic E-state index is 12.5. The molecular weight excluding hydrogens is 288 g/mol. The zero-order valence-electron chi connectivity index (χ0n) is 12.1. The molecule has 2 heterocycles. The average Bonchev–Trinajstić information content (AvgIpc) is 2.75. The van der Waals surface area contributed by atoms with Crippen LogP contribution in [0.1, 0.15) is 13.3 Å². The first-order valence-corrected chi connectivity index (χ1v) is 9.15. The molecule has 6 heteroatoms. The van der Waals surface area contributed by atoms with E-state index in [1.54, 1.807) is 4.90 Å². The molecule has 0 aliphatic carbocycles. The van der Waals surface area contributed by atoms with E-state index in [9.17, 15) is 13.2 Å². The summed E-state index contributed by atoms with van der Waals surface area (Å²) in [6.45, 7) is 3.12. The maximum Gasteiger partial charge on any atom is 0.241 e. The van der Waals surface area contributed by atoms with Gasteiger partial charge in [-0.15, -0.1) is 0 Å². The Labute approximate surface area is 125 Å². The normalized spacial score (nSPS) is 28.6. The Morgan fingerprint density at radius 3 is 2.48 bits per heavy atom. The molecular formula is C15H20N2O3S. The number of sulfone groups is 1. The molecule has 0 saturated carbocycles. The minimum absolute atomic E-state index is 0.00648. The summed E-state index contributed by atoms with van der Waals surface area (Å²) in [4.78, 5) is 16.3. The summed E-state index contributed by atoms with van der Waals surface area (Å²) in [5.74, 6) is 0.222. The second-order valence-electron chi connectivity index (χ2n) is 5.78. The predicted molar refractivity (Wildman–Crippen MR) is 82.0 cm³/mol. The van der Waals surface area contributed by atoms with Gasteiger partial charge in [0, 0.05) is 11.7 Å². The number of benzene rings is 1. The third-order valence-electron chi connectivity index (χ3n) is 4.25. The number of amides is 1. The standard InChI is InChI=1S/C15H20N2O3S/c1-2-8-16-9-15(18)17(12-6-4-3-5-7-12)14-11-21(19,20)10-13(14)16/h3-7,13-14H,2,8-11H2,1H3/t13-,14-/m0/s1. The molecule has 0 N–H and O–H groups in total. The number of carbonyl (C=O) groups is 1. The molecule has 5 nitrogen and oxygen atoms in total. The molecule has 0 spiro atoms. The van der Waals surface area contributed by atoms with Crippen molar-refractivity contribution in [2.24, 2.45) is 0 Å². The molecule has 0 radical (unpaired) electrons. The number of carbonyl (C=O) groups excluding carboxylic acids is 1. The lowest BCUT2D eigenvalue weighted by Crippen LogP contribution is -2.62. The Kier molecular flexibility index (Phi) is 3.75. The number of piperazine rings is 1. The molecule has 2 fully saturated rings. The van der Waals surface area contributed by atoms with E-state index in [-0.39, 0.29) is 29.5 Å². The highest BCUT2D eigenvalue weighted by atomic mass is 32.2. The van der Waals surface area contributed by atoms with Crippen LogP contribution in [0.5, 0.6) is 0 Å². The van der Waals surface area contributed by atoms with E-state index in [4.69, 9.17) is 0 Å². The van der Waals surface area contributed by atoms with Gasteiger partial charge in [0.1, 0.15) is 0 Å². The van der Waals surface area contributed by atoms with Crippen LogP contribution in [0.3, 0.4) is 0 Å². The monoisotopic (exact) mass is 308 g/mol. The van der Waals surface area contributed by atoms with Crippen LogP contribution >= 0.6 is 0 Å². The van der Waals surface area contributed by atoms with Gasteiger partial charge in [-0.2, -0.15) is 0 Å². The summed E-state index contributed by atoms with van der Waals surface area (Å²) in [6.07, 6.45) is 0.919. The second kappa shape index (κ2) is 5.42. The van der Waals surface area contributed by atoms with E-state index in [0.29, 0.717) is 6.54 Å². The summed E-state index contributed by atoms with van der Waals surface area (Å²) in [5.41, 5.74) is 0.797. The highest BCUT2D eigenvalue weighted by Gasteiger charge is 2.49. The summed E-state index contributed by atoms with van der Waals surface area (Å²) >= 11 is 0. The molecule has 2 atom stereocenters. The first kappa shape index (κ1) is 14.5. The minimum atomic E-state index is -3.08. The van der Waals surface area contributed by atoms with E-state index >= 15 is 0 Å². The SMILES string of the molecule is CCCN1CC(=O)N(c2ccccc2)[C@H]2CS(=O)(=O)C[C@@H]21. The largest absolute Gasteiger partial charge is 0.306 e. The summed E-state index contributed by atoms with van der Waals surface area (Å²) in [5, 5.41) is 0. The molecule has 1 amide bonds. The number of anilines is 1. The van der Waals surface area contributed by atoms with Crippen molar-refractivity contribution in [1.29, 1.82) is 0 Å². The van der Waals surface area contributed by atoms with Crippen molar-refractivity contribution in [3.63, 3.8) is 0 Å². The van der Waals surface area contributed by atoms with Gasteiger partial charge in [0.05, 0.1) is 24.1 Å². The van der Waals surface area contributed by atoms with Gasteiger partial charge >= 0.3 is 0 Å². The first-order valence-electron chi connectivity index (χ1n) is 7.33. The van der Waals surface area contributed by atoms with Crippen LogP contribution in [0.4, 0.5) is 5.69 Å². The van der Waals surface area contributed by atoms with Crippen LogP contribution in [-0.2, 0) is 14.6 Å². The maximum absolute atomic E-state index is 12.5. The molecule has 0 bridgehead atoms. The van der Waals surface area contributed by atoms with Crippen molar-refractivity contribution in [3.05, 3.63) is 30.3 Å². The van der Waals surface area contributed by atoms with E-state index in [1.165, 1.54) is 0 Å². The van der Waals surface area contributed by atoms with E-state index in [1.807, 2.05) is 42.2 Å². The van der Waals surface area contributed by atoms with E-state index in [0.717, 1.165) is 18.7 Å². The van der Waals surface area contributed by atoms with Gasteiger partial charge in [-0.3, -0.25) is 9.69 Å². The van der Waals surface area contributed by atoms with Crippen molar-refractivity contribution < 1.29 is 13.2 Å². The van der Waals surface area contributed by atoms with Gasteiger partial charge in [0.15, 0.2) is 9.84 Å². The van der Waals surface area contributed by atoms with Gasteiger partial charge in [0.2, 0.25) is 5.91 Å². The zero-order valence-corrected chi connectivity index (χ0v) is 12.9. The highest BCUT2D eigenvalue weighted by molar-refractivity contribution is 7.91. The summed E-state index contributed by atoms with van der Waals surface area (Å²) in [7, 11) is -3.08. The highest BCUT2D eigenvalue weighted by Crippen LogP contribution is 2.31. The number of hydrogen-bond acceptors (Lipinski definition) is 4. The first-order chi connectivity index (χ1) is 10.0. The fourth-order valence-corrected chi connectivity index (χ4v) is 5.40. The third-order valence-corrected chi connectivity index (χ3v) is 5.95. The summed E-state index contributed by atoms with van der Waals surface area (Å²) < 4.78 is 24.1. The van der Waals surface area contributed by atoms with Crippen molar-refractivity contribution in [1.82, 2.24) is 4.90 Å². The molecule has 3 rings (SSSR count). The van der Waals surface area contributed by atoms with Crippen molar-refractivity contribution in [3.8, 4) is 0 Å². The van der Waals surface area contributed by atoms with Crippen LogP contribution in [0.15, 0.2) is 30.3 Å². The molecule has 114 valence electrons. The number of nitrogens with zero attached hydrogens (tertiary/aromatic N) is 2. The Bertz CT molecular complexity index is 630. The Morgan fingerprint density at radius 2 is 1.81 bits per heavy atom. The van der Waals surface area contributed by atoms with Crippen LogP contribution in [0, 0.1) is 0 Å². The predicted octanol–water partition coefficient (Wildman–Crippen LogP) is 0.911. The summed E-state index contributed by atoms with van der Waals surface area (Å²) in [6, 6.07) is 9.05. The van der Waals surface area contributed by atoms with Gasteiger partial charge in [-0.1, -0.05) is 25.1 Å². The molecule has 2 aliphatic rings. The van der Waals surface area contributed by atoms with Gasteiger partial charge in [-0.25, -0.2) is 8.42 Å². The molecule has 2 saturated heterocycles. The van der Waals surface area contributed by atoms with Crippen LogP contribution in [-0.4, -0.2) is 55.9 Å². The minimum Gasteiger partial charge on any atom is -0.306 e. The van der Waals surface area contributed by atoms with Crippen molar-refractivity contribution in [2.75, 3.05) is 29.5 Å². The van der Waals surface area contributed by atoms with Crippen molar-refractivity contribution in [2.45, 2.75) is 25.4 Å². The van der Waals surface area contributed by atoms with Gasteiger partial charge in [0.25, 0.3) is 0 Å². The average molecular weight is 308 g/mol. The fourth-order valence-electron chi connectivity index (χ4n) is 3.41. The zero-order chi connectivity index (χ0) is 15.0.